The highest BCUT2D eigenvalue weighted by atomic mass is 16.5. The summed E-state index contributed by atoms with van der Waals surface area (Å²) in [5, 5.41) is 12.0. The van der Waals surface area contributed by atoms with Crippen molar-refractivity contribution in [2.24, 2.45) is 11.8 Å². The van der Waals surface area contributed by atoms with E-state index in [4.69, 9.17) is 0 Å². The van der Waals surface area contributed by atoms with Gasteiger partial charge in [0.2, 0.25) is 0 Å². The van der Waals surface area contributed by atoms with Crippen LogP contribution in [0.5, 0.6) is 0 Å². The molecule has 2 unspecified atom stereocenters. The molecule has 1 saturated heterocycles. The molecule has 2 rings (SSSR count). The monoisotopic (exact) mass is 334 g/mol. The van der Waals surface area contributed by atoms with Gasteiger partial charge in [0.25, 0.3) is 0 Å². The number of methoxy groups -OCH3 is 1. The Labute approximate surface area is 140 Å². The van der Waals surface area contributed by atoms with Crippen LogP contribution in [0.15, 0.2) is 18.2 Å². The summed E-state index contributed by atoms with van der Waals surface area (Å²) in [6.07, 6.45) is 0.565. The van der Waals surface area contributed by atoms with Gasteiger partial charge in [-0.2, -0.15) is 0 Å². The number of aliphatic carboxylic acids is 1. The quantitative estimate of drug-likeness (QED) is 0.827. The highest BCUT2D eigenvalue weighted by Crippen LogP contribution is 2.24. The van der Waals surface area contributed by atoms with Crippen molar-refractivity contribution < 1.29 is 24.2 Å². The van der Waals surface area contributed by atoms with Gasteiger partial charge in [-0.05, 0) is 37.0 Å². The second kappa shape index (κ2) is 7.33. The van der Waals surface area contributed by atoms with Crippen LogP contribution in [0.4, 0.5) is 10.5 Å². The molecule has 2 atom stereocenters. The van der Waals surface area contributed by atoms with Crippen LogP contribution < -0.4 is 5.32 Å². The van der Waals surface area contributed by atoms with E-state index >= 15 is 0 Å². The number of rotatable bonds is 3. The van der Waals surface area contributed by atoms with Crippen LogP contribution in [0.1, 0.15) is 29.3 Å². The van der Waals surface area contributed by atoms with Crippen LogP contribution in [0.3, 0.4) is 0 Å². The SMILES string of the molecule is COC(=O)c1ccc(C)c(NC(=O)N2CC(C)CC(C(=O)O)C2)c1. The van der Waals surface area contributed by atoms with Crippen molar-refractivity contribution in [2.75, 3.05) is 25.5 Å². The fourth-order valence-corrected chi connectivity index (χ4v) is 2.89. The van der Waals surface area contributed by atoms with Crippen LogP contribution in [0.25, 0.3) is 0 Å². The minimum Gasteiger partial charge on any atom is -0.481 e. The summed E-state index contributed by atoms with van der Waals surface area (Å²) in [6, 6.07) is 4.54. The predicted molar refractivity (Wildman–Crippen MR) is 88.0 cm³/mol. The molecule has 7 nitrogen and oxygen atoms in total. The number of urea groups is 1. The molecule has 1 aromatic rings. The topological polar surface area (TPSA) is 95.9 Å². The Morgan fingerprint density at radius 2 is 2.00 bits per heavy atom. The van der Waals surface area contributed by atoms with Crippen LogP contribution >= 0.6 is 0 Å². The first-order valence-corrected chi connectivity index (χ1v) is 7.79. The molecule has 2 amide bonds. The lowest BCUT2D eigenvalue weighted by Crippen LogP contribution is -2.47. The number of carboxylic acid groups (broad SMARTS) is 1. The van der Waals surface area contributed by atoms with Crippen LogP contribution in [-0.4, -0.2) is 48.2 Å². The lowest BCUT2D eigenvalue weighted by Gasteiger charge is -2.34. The first kappa shape index (κ1) is 17.8. The summed E-state index contributed by atoms with van der Waals surface area (Å²) in [5.41, 5.74) is 1.65. The number of esters is 1. The summed E-state index contributed by atoms with van der Waals surface area (Å²) in [6.45, 7) is 4.43. The van der Waals surface area contributed by atoms with E-state index in [0.29, 0.717) is 24.2 Å². The maximum atomic E-state index is 12.5. The highest BCUT2D eigenvalue weighted by molar-refractivity contribution is 5.94. The number of ether oxygens (including phenoxy) is 1. The molecule has 24 heavy (non-hydrogen) atoms. The zero-order chi connectivity index (χ0) is 17.9. The maximum Gasteiger partial charge on any atom is 0.337 e. The first-order chi connectivity index (χ1) is 11.3. The van der Waals surface area contributed by atoms with E-state index in [2.05, 4.69) is 10.1 Å². The highest BCUT2D eigenvalue weighted by Gasteiger charge is 2.32. The van der Waals surface area contributed by atoms with Gasteiger partial charge in [0.15, 0.2) is 0 Å². The van der Waals surface area contributed by atoms with Crippen molar-refractivity contribution in [2.45, 2.75) is 20.3 Å². The number of nitrogens with one attached hydrogen (secondary N) is 1. The molecule has 0 aliphatic carbocycles. The van der Waals surface area contributed by atoms with Crippen molar-refractivity contribution >= 4 is 23.7 Å². The van der Waals surface area contributed by atoms with Gasteiger partial charge >= 0.3 is 18.0 Å². The number of carbonyl (C=O) groups is 3. The van der Waals surface area contributed by atoms with Gasteiger partial charge in [-0.3, -0.25) is 4.79 Å². The molecule has 1 aromatic carbocycles. The normalized spacial score (nSPS) is 20.4. The Hall–Kier alpha value is -2.57. The van der Waals surface area contributed by atoms with Crippen LogP contribution in [0, 0.1) is 18.8 Å². The molecule has 0 spiro atoms. The largest absolute Gasteiger partial charge is 0.481 e. The third-order valence-electron chi connectivity index (χ3n) is 4.20. The second-order valence-corrected chi connectivity index (χ2v) is 6.23. The van der Waals surface area contributed by atoms with Crippen molar-refractivity contribution in [3.8, 4) is 0 Å². The lowest BCUT2D eigenvalue weighted by atomic mass is 9.91. The molecular formula is C17H22N2O5. The van der Waals surface area contributed by atoms with Gasteiger partial charge in [0.1, 0.15) is 0 Å². The molecule has 2 N–H and O–H groups in total. The molecule has 1 heterocycles. The second-order valence-electron chi connectivity index (χ2n) is 6.23. The van der Waals surface area contributed by atoms with E-state index in [0.717, 1.165) is 5.56 Å². The van der Waals surface area contributed by atoms with Gasteiger partial charge in [0.05, 0.1) is 18.6 Å². The molecule has 1 aliphatic heterocycles. The number of amides is 2. The molecule has 0 radical (unpaired) electrons. The summed E-state index contributed by atoms with van der Waals surface area (Å²) >= 11 is 0. The molecular weight excluding hydrogens is 312 g/mol. The van der Waals surface area contributed by atoms with Crippen molar-refractivity contribution in [1.82, 2.24) is 4.90 Å². The number of benzene rings is 1. The molecule has 0 aromatic heterocycles. The fourth-order valence-electron chi connectivity index (χ4n) is 2.89. The molecule has 7 heteroatoms. The van der Waals surface area contributed by atoms with E-state index in [1.807, 2.05) is 13.8 Å². The molecule has 1 aliphatic rings. The van der Waals surface area contributed by atoms with Gasteiger partial charge < -0.3 is 20.1 Å². The molecule has 1 fully saturated rings. The zero-order valence-corrected chi connectivity index (χ0v) is 14.0. The Balaban J connectivity index is 2.14. The Kier molecular flexibility index (Phi) is 5.43. The zero-order valence-electron chi connectivity index (χ0n) is 14.0. The number of piperidine rings is 1. The van der Waals surface area contributed by atoms with E-state index in [1.54, 1.807) is 18.2 Å². The number of carboxylic acids is 1. The van der Waals surface area contributed by atoms with E-state index in [9.17, 15) is 19.5 Å². The fraction of sp³-hybridized carbons (Fsp3) is 0.471. The minimum atomic E-state index is -0.886. The Morgan fingerprint density at radius 1 is 1.29 bits per heavy atom. The summed E-state index contributed by atoms with van der Waals surface area (Å²) < 4.78 is 4.68. The number of hydrogen-bond acceptors (Lipinski definition) is 4. The average molecular weight is 334 g/mol. The number of likely N-dealkylation sites (tertiary alicyclic amines) is 1. The van der Waals surface area contributed by atoms with Gasteiger partial charge in [-0.1, -0.05) is 13.0 Å². The Bertz CT molecular complexity index is 658. The maximum absolute atomic E-state index is 12.5. The summed E-state index contributed by atoms with van der Waals surface area (Å²) in [4.78, 5) is 36.8. The number of anilines is 1. The Morgan fingerprint density at radius 3 is 2.62 bits per heavy atom. The van der Waals surface area contributed by atoms with Gasteiger partial charge in [0, 0.05) is 18.8 Å². The third kappa shape index (κ3) is 4.04. The standard InChI is InChI=1S/C17H22N2O5/c1-10-6-13(15(20)21)9-19(8-10)17(23)18-14-7-12(16(22)24-3)5-4-11(14)2/h4-5,7,10,13H,6,8-9H2,1-3H3,(H,18,23)(H,20,21). The van der Waals surface area contributed by atoms with E-state index < -0.39 is 17.9 Å². The molecule has 0 bridgehead atoms. The first-order valence-electron chi connectivity index (χ1n) is 7.79. The summed E-state index contributed by atoms with van der Waals surface area (Å²) in [5.74, 6) is -1.80. The minimum absolute atomic E-state index is 0.119. The number of carbonyl (C=O) groups excluding carboxylic acids is 2. The lowest BCUT2D eigenvalue weighted by molar-refractivity contribution is -0.143. The van der Waals surface area contributed by atoms with Crippen LogP contribution in [-0.2, 0) is 9.53 Å². The number of nitrogens with zero attached hydrogens (tertiary/aromatic N) is 1. The van der Waals surface area contributed by atoms with E-state index in [1.165, 1.54) is 12.0 Å². The number of aryl methyl sites for hydroxylation is 1. The van der Waals surface area contributed by atoms with Gasteiger partial charge in [-0.15, -0.1) is 0 Å². The van der Waals surface area contributed by atoms with Crippen molar-refractivity contribution in [1.29, 1.82) is 0 Å². The average Bonchev–Trinajstić information content (AvgIpc) is 2.55. The van der Waals surface area contributed by atoms with E-state index in [-0.39, 0.29) is 18.5 Å². The summed E-state index contributed by atoms with van der Waals surface area (Å²) in [7, 11) is 1.29. The molecule has 0 saturated carbocycles. The van der Waals surface area contributed by atoms with Crippen molar-refractivity contribution in [3.63, 3.8) is 0 Å². The van der Waals surface area contributed by atoms with Crippen LogP contribution in [0.2, 0.25) is 0 Å². The van der Waals surface area contributed by atoms with Crippen molar-refractivity contribution in [3.05, 3.63) is 29.3 Å². The van der Waals surface area contributed by atoms with Gasteiger partial charge in [-0.25, -0.2) is 9.59 Å². The molecule has 130 valence electrons. The predicted octanol–water partition coefficient (Wildman–Crippen LogP) is 2.36. The smallest absolute Gasteiger partial charge is 0.337 e. The number of hydrogen-bond donors (Lipinski definition) is 2. The third-order valence-corrected chi connectivity index (χ3v) is 4.20.